The molecule has 0 spiro atoms. The summed E-state index contributed by atoms with van der Waals surface area (Å²) in [5.41, 5.74) is 6.79. The second-order valence-corrected chi connectivity index (χ2v) is 4.84. The lowest BCUT2D eigenvalue weighted by molar-refractivity contribution is -0.384. The predicted octanol–water partition coefficient (Wildman–Crippen LogP) is 2.07. The quantitative estimate of drug-likeness (QED) is 0.288. The maximum Gasteiger partial charge on any atom is 0.270 e. The average molecular weight is 278 g/mol. The monoisotopic (exact) mass is 278 g/mol. The molecule has 1 unspecified atom stereocenters. The summed E-state index contributed by atoms with van der Waals surface area (Å²) in [7, 11) is 0. The van der Waals surface area contributed by atoms with Crippen molar-refractivity contribution in [1.82, 2.24) is 0 Å². The van der Waals surface area contributed by atoms with Gasteiger partial charge in [-0.2, -0.15) is 0 Å². The molecule has 1 fully saturated rings. The number of nitrogens with zero attached hydrogens (tertiary/aromatic N) is 3. The van der Waals surface area contributed by atoms with E-state index in [-0.39, 0.29) is 11.5 Å². The van der Waals surface area contributed by atoms with E-state index >= 15 is 0 Å². The number of hydrogen-bond acceptors (Lipinski definition) is 5. The Hall–Kier alpha value is -2.31. The van der Waals surface area contributed by atoms with E-state index in [1.165, 1.54) is 12.1 Å². The van der Waals surface area contributed by atoms with Crippen LogP contribution in [0, 0.1) is 10.1 Å². The molecule has 0 amide bonds. The van der Waals surface area contributed by atoms with Gasteiger partial charge < -0.3 is 15.8 Å². The summed E-state index contributed by atoms with van der Waals surface area (Å²) >= 11 is 0. The summed E-state index contributed by atoms with van der Waals surface area (Å²) in [6.07, 6.45) is 3.15. The Morgan fingerprint density at radius 2 is 2.40 bits per heavy atom. The predicted molar refractivity (Wildman–Crippen MR) is 76.3 cm³/mol. The van der Waals surface area contributed by atoms with Gasteiger partial charge in [0.2, 0.25) is 0 Å². The zero-order valence-electron chi connectivity index (χ0n) is 11.3. The minimum Gasteiger partial charge on any atom is -0.409 e. The van der Waals surface area contributed by atoms with Crippen molar-refractivity contribution in [1.29, 1.82) is 0 Å². The number of nitro benzene ring substituents is 1. The van der Waals surface area contributed by atoms with Crippen molar-refractivity contribution >= 4 is 17.2 Å². The van der Waals surface area contributed by atoms with Crippen molar-refractivity contribution in [2.75, 3.05) is 11.4 Å². The first kappa shape index (κ1) is 14.1. The normalized spacial score (nSPS) is 19.4. The van der Waals surface area contributed by atoms with Gasteiger partial charge in [0, 0.05) is 30.4 Å². The number of rotatable bonds is 4. The average Bonchev–Trinajstić information content (AvgIpc) is 2.93. The highest BCUT2D eigenvalue weighted by Crippen LogP contribution is 2.32. The fourth-order valence-electron chi connectivity index (χ4n) is 2.72. The molecule has 1 aliphatic heterocycles. The van der Waals surface area contributed by atoms with E-state index in [9.17, 15) is 10.1 Å². The number of anilines is 1. The van der Waals surface area contributed by atoms with Gasteiger partial charge in [0.05, 0.1) is 10.5 Å². The standard InChI is InChI=1S/C13H18N4O3/c1-2-9-4-3-7-16(9)12-6-5-10(17(19)20)8-11(12)13(14)15-18/h5-6,8-9,18H,2-4,7H2,1H3,(H2,14,15). The van der Waals surface area contributed by atoms with E-state index < -0.39 is 4.92 Å². The Morgan fingerprint density at radius 3 is 3.00 bits per heavy atom. The van der Waals surface area contributed by atoms with Gasteiger partial charge in [0.1, 0.15) is 0 Å². The summed E-state index contributed by atoms with van der Waals surface area (Å²) in [5.74, 6) is -0.106. The van der Waals surface area contributed by atoms with Crippen LogP contribution < -0.4 is 10.6 Å². The van der Waals surface area contributed by atoms with Gasteiger partial charge in [-0.25, -0.2) is 0 Å². The number of nitro groups is 1. The highest BCUT2D eigenvalue weighted by molar-refractivity contribution is 6.03. The van der Waals surface area contributed by atoms with Crippen LogP contribution in [0.25, 0.3) is 0 Å². The van der Waals surface area contributed by atoms with E-state index in [1.807, 2.05) is 0 Å². The Kier molecular flexibility index (Phi) is 4.07. The van der Waals surface area contributed by atoms with Crippen molar-refractivity contribution in [3.05, 3.63) is 33.9 Å². The number of benzene rings is 1. The number of nitrogens with two attached hydrogens (primary N) is 1. The molecule has 3 N–H and O–H groups in total. The summed E-state index contributed by atoms with van der Waals surface area (Å²) in [5, 5.41) is 22.7. The number of hydrogen-bond donors (Lipinski definition) is 2. The van der Waals surface area contributed by atoms with Gasteiger partial charge in [0.15, 0.2) is 5.84 Å². The third-order valence-corrected chi connectivity index (χ3v) is 3.73. The summed E-state index contributed by atoms with van der Waals surface area (Å²) in [6, 6.07) is 4.88. The van der Waals surface area contributed by atoms with Crippen molar-refractivity contribution in [3.63, 3.8) is 0 Å². The van der Waals surface area contributed by atoms with Crippen LogP contribution in [0.4, 0.5) is 11.4 Å². The first-order chi connectivity index (χ1) is 9.58. The molecule has 108 valence electrons. The lowest BCUT2D eigenvalue weighted by atomic mass is 10.1. The highest BCUT2D eigenvalue weighted by atomic mass is 16.6. The smallest absolute Gasteiger partial charge is 0.270 e. The number of non-ortho nitro benzene ring substituents is 1. The zero-order chi connectivity index (χ0) is 14.7. The van der Waals surface area contributed by atoms with E-state index in [2.05, 4.69) is 17.0 Å². The van der Waals surface area contributed by atoms with Crippen LogP contribution in [-0.2, 0) is 0 Å². The van der Waals surface area contributed by atoms with Crippen molar-refractivity contribution in [2.24, 2.45) is 10.9 Å². The fourth-order valence-corrected chi connectivity index (χ4v) is 2.72. The van der Waals surface area contributed by atoms with Crippen molar-refractivity contribution in [2.45, 2.75) is 32.2 Å². The van der Waals surface area contributed by atoms with E-state index in [1.54, 1.807) is 6.07 Å². The summed E-state index contributed by atoms with van der Waals surface area (Å²) < 4.78 is 0. The molecule has 20 heavy (non-hydrogen) atoms. The topological polar surface area (TPSA) is 105 Å². The molecule has 1 aliphatic rings. The number of amidine groups is 1. The van der Waals surface area contributed by atoms with Crippen LogP contribution in [-0.4, -0.2) is 28.6 Å². The SMILES string of the molecule is CCC1CCCN1c1ccc([N+](=O)[O-])cc1C(N)=NO. The lowest BCUT2D eigenvalue weighted by Crippen LogP contribution is -2.31. The van der Waals surface area contributed by atoms with Crippen LogP contribution in [0.5, 0.6) is 0 Å². The molecule has 7 heteroatoms. The first-order valence-electron chi connectivity index (χ1n) is 6.61. The highest BCUT2D eigenvalue weighted by Gasteiger charge is 2.27. The molecule has 1 aromatic carbocycles. The van der Waals surface area contributed by atoms with Crippen molar-refractivity contribution < 1.29 is 10.1 Å². The van der Waals surface area contributed by atoms with Gasteiger partial charge in [-0.15, -0.1) is 0 Å². The molecule has 1 aromatic rings. The third-order valence-electron chi connectivity index (χ3n) is 3.73. The van der Waals surface area contributed by atoms with Gasteiger partial charge in [-0.1, -0.05) is 12.1 Å². The molecule has 1 atom stereocenters. The van der Waals surface area contributed by atoms with Gasteiger partial charge in [-0.05, 0) is 25.3 Å². The van der Waals surface area contributed by atoms with Crippen LogP contribution >= 0.6 is 0 Å². The van der Waals surface area contributed by atoms with E-state index in [0.29, 0.717) is 11.6 Å². The van der Waals surface area contributed by atoms with E-state index in [4.69, 9.17) is 10.9 Å². The van der Waals surface area contributed by atoms with Crippen molar-refractivity contribution in [3.8, 4) is 0 Å². The summed E-state index contributed by atoms with van der Waals surface area (Å²) in [4.78, 5) is 12.6. The second kappa shape index (κ2) is 5.77. The Balaban J connectivity index is 2.49. The zero-order valence-corrected chi connectivity index (χ0v) is 11.3. The molecule has 0 aliphatic carbocycles. The first-order valence-corrected chi connectivity index (χ1v) is 6.61. The largest absolute Gasteiger partial charge is 0.409 e. The van der Waals surface area contributed by atoms with Gasteiger partial charge >= 0.3 is 0 Å². The molecule has 0 saturated carbocycles. The molecule has 7 nitrogen and oxygen atoms in total. The second-order valence-electron chi connectivity index (χ2n) is 4.84. The van der Waals surface area contributed by atoms with Crippen LogP contribution in [0.3, 0.4) is 0 Å². The lowest BCUT2D eigenvalue weighted by Gasteiger charge is -2.27. The van der Waals surface area contributed by atoms with E-state index in [0.717, 1.165) is 31.5 Å². The molecule has 2 rings (SSSR count). The minimum absolute atomic E-state index is 0.0670. The maximum atomic E-state index is 10.9. The van der Waals surface area contributed by atoms with Gasteiger partial charge in [-0.3, -0.25) is 10.1 Å². The molecular weight excluding hydrogens is 260 g/mol. The Morgan fingerprint density at radius 1 is 1.65 bits per heavy atom. The Labute approximate surface area is 116 Å². The third kappa shape index (κ3) is 2.52. The minimum atomic E-state index is -0.487. The summed E-state index contributed by atoms with van der Waals surface area (Å²) in [6.45, 7) is 2.99. The molecule has 0 bridgehead atoms. The van der Waals surface area contributed by atoms with Crippen LogP contribution in [0.1, 0.15) is 31.7 Å². The molecule has 0 aromatic heterocycles. The van der Waals surface area contributed by atoms with Gasteiger partial charge in [0.25, 0.3) is 5.69 Å². The van der Waals surface area contributed by atoms with Crippen LogP contribution in [0.2, 0.25) is 0 Å². The van der Waals surface area contributed by atoms with Crippen LogP contribution in [0.15, 0.2) is 23.4 Å². The Bertz CT molecular complexity index is 544. The fraction of sp³-hybridized carbons (Fsp3) is 0.462. The molecular formula is C13H18N4O3. The molecule has 1 heterocycles. The maximum absolute atomic E-state index is 10.9. The number of oxime groups is 1. The molecule has 1 saturated heterocycles. The molecule has 0 radical (unpaired) electrons.